The van der Waals surface area contributed by atoms with Crippen molar-refractivity contribution in [1.29, 1.82) is 16.1 Å². The molecule has 0 heterocycles. The maximum atomic E-state index is 9.05. The van der Waals surface area contributed by atoms with Crippen molar-refractivity contribution in [3.8, 4) is 11.8 Å². The Labute approximate surface area is 112 Å². The summed E-state index contributed by atoms with van der Waals surface area (Å²) < 4.78 is 5.67. The molecule has 5 heteroatoms. The van der Waals surface area contributed by atoms with E-state index in [9.17, 15) is 0 Å². The molecule has 3 N–H and O–H groups in total. The van der Waals surface area contributed by atoms with E-state index in [4.69, 9.17) is 20.8 Å². The van der Waals surface area contributed by atoms with Crippen LogP contribution in [0.2, 0.25) is 0 Å². The highest BCUT2D eigenvalue weighted by molar-refractivity contribution is 6.07. The molecule has 0 aliphatic heterocycles. The average Bonchev–Trinajstić information content (AvgIpc) is 2.44. The van der Waals surface area contributed by atoms with Gasteiger partial charge in [0.15, 0.2) is 0 Å². The maximum Gasteiger partial charge on any atom is 0.138 e. The fourth-order valence-electron chi connectivity index (χ4n) is 1.48. The van der Waals surface area contributed by atoms with Gasteiger partial charge in [0.1, 0.15) is 17.9 Å². The predicted octanol–water partition coefficient (Wildman–Crippen LogP) is 2.19. The fourth-order valence-corrected chi connectivity index (χ4v) is 1.48. The summed E-state index contributed by atoms with van der Waals surface area (Å²) in [4.78, 5) is 0. The van der Waals surface area contributed by atoms with Crippen LogP contribution in [0, 0.1) is 22.1 Å². The lowest BCUT2D eigenvalue weighted by Gasteiger charge is -2.16. The molecule has 98 valence electrons. The molecule has 0 unspecified atom stereocenters. The van der Waals surface area contributed by atoms with E-state index in [1.54, 1.807) is 18.2 Å². The molecule has 0 fully saturated rings. The number of nitrogens with zero attached hydrogens (tertiary/aromatic N) is 1. The fraction of sp³-hybridized carbons (Fsp3) is 0.214. The lowest BCUT2D eigenvalue weighted by molar-refractivity contribution is 0.224. The monoisotopic (exact) mass is 256 g/mol. The first-order chi connectivity index (χ1) is 9.12. The molecule has 0 amide bonds. The molecule has 0 radical (unpaired) electrons. The second-order valence-electron chi connectivity index (χ2n) is 3.97. The predicted molar refractivity (Wildman–Crippen MR) is 75.9 cm³/mol. The lowest BCUT2D eigenvalue weighted by atomic mass is 10.1. The zero-order valence-electron chi connectivity index (χ0n) is 10.7. The first kappa shape index (κ1) is 14.5. The summed E-state index contributed by atoms with van der Waals surface area (Å²) >= 11 is 0. The molecule has 0 aromatic heterocycles. The highest BCUT2D eigenvalue weighted by atomic mass is 16.5. The van der Waals surface area contributed by atoms with Crippen molar-refractivity contribution in [3.05, 3.63) is 35.9 Å². The van der Waals surface area contributed by atoms with Crippen LogP contribution in [0.3, 0.4) is 0 Å². The Hall–Kier alpha value is -2.61. The van der Waals surface area contributed by atoms with Gasteiger partial charge in [-0.2, -0.15) is 5.26 Å². The molecule has 1 aromatic carbocycles. The van der Waals surface area contributed by atoms with Crippen molar-refractivity contribution in [2.75, 3.05) is 6.54 Å². The van der Waals surface area contributed by atoms with Crippen LogP contribution in [0.5, 0.6) is 5.75 Å². The van der Waals surface area contributed by atoms with Crippen LogP contribution in [0.4, 0.5) is 0 Å². The summed E-state index contributed by atoms with van der Waals surface area (Å²) in [5.41, 5.74) is 1.74. The van der Waals surface area contributed by atoms with E-state index < -0.39 is 0 Å². The largest absolute Gasteiger partial charge is 0.487 e. The zero-order chi connectivity index (χ0) is 14.3. The topological polar surface area (TPSA) is 92.8 Å². The Morgan fingerprint density at radius 1 is 1.58 bits per heavy atom. The molecular formula is C14H16N4O. The van der Waals surface area contributed by atoms with Crippen molar-refractivity contribution in [3.63, 3.8) is 0 Å². The van der Waals surface area contributed by atoms with Crippen LogP contribution in [0.15, 0.2) is 24.8 Å². The van der Waals surface area contributed by atoms with E-state index in [0.29, 0.717) is 23.4 Å². The maximum absolute atomic E-state index is 9.05. The molecule has 0 aliphatic rings. The molecule has 0 saturated carbocycles. The van der Waals surface area contributed by atoms with Crippen LogP contribution < -0.4 is 10.1 Å². The number of nitrogens with one attached hydrogen (secondary N) is 3. The van der Waals surface area contributed by atoms with Crippen molar-refractivity contribution in [2.24, 2.45) is 0 Å². The Morgan fingerprint density at radius 2 is 2.32 bits per heavy atom. The molecule has 1 aromatic rings. The van der Waals surface area contributed by atoms with E-state index in [0.717, 1.165) is 18.1 Å². The molecular weight excluding hydrogens is 240 g/mol. The van der Waals surface area contributed by atoms with E-state index >= 15 is 0 Å². The van der Waals surface area contributed by atoms with Crippen LogP contribution in [0.1, 0.15) is 18.1 Å². The van der Waals surface area contributed by atoms with Gasteiger partial charge in [0.2, 0.25) is 0 Å². The minimum atomic E-state index is -0.183. The summed E-state index contributed by atoms with van der Waals surface area (Å²) in [5, 5.41) is 25.9. The van der Waals surface area contributed by atoms with Crippen molar-refractivity contribution < 1.29 is 4.74 Å². The van der Waals surface area contributed by atoms with E-state index in [1.807, 2.05) is 6.92 Å². The highest BCUT2D eigenvalue weighted by Gasteiger charge is 2.10. The van der Waals surface area contributed by atoms with E-state index in [-0.39, 0.29) is 6.10 Å². The van der Waals surface area contributed by atoms with Gasteiger partial charge in [-0.15, -0.1) is 0 Å². The lowest BCUT2D eigenvalue weighted by Crippen LogP contribution is -2.27. The minimum Gasteiger partial charge on any atom is -0.487 e. The normalized spacial score (nSPS) is 10.9. The third-order valence-electron chi connectivity index (χ3n) is 2.48. The molecule has 0 bridgehead atoms. The average molecular weight is 256 g/mol. The highest BCUT2D eigenvalue weighted by Crippen LogP contribution is 2.23. The van der Waals surface area contributed by atoms with Gasteiger partial charge in [-0.1, -0.05) is 12.6 Å². The quantitative estimate of drug-likeness (QED) is 0.515. The van der Waals surface area contributed by atoms with Crippen LogP contribution >= 0.6 is 0 Å². The van der Waals surface area contributed by atoms with Gasteiger partial charge >= 0.3 is 0 Å². The van der Waals surface area contributed by atoms with Crippen molar-refractivity contribution in [1.82, 2.24) is 5.32 Å². The summed E-state index contributed by atoms with van der Waals surface area (Å²) in [6.07, 6.45) is 2.07. The Kier molecular flexibility index (Phi) is 5.30. The standard InChI is InChI=1S/C14H16N4O/c1-10(6-15)12-3-4-13(7-16)14(5-12)19-11(2)8-18-9-17/h3-6,9,11,15H,1,8H2,2H3,(H2,17,18)/t11-/m0/s1. The number of ether oxygens (including phenoxy) is 1. The van der Waals surface area contributed by atoms with E-state index in [1.165, 1.54) is 0 Å². The molecule has 5 nitrogen and oxygen atoms in total. The van der Waals surface area contributed by atoms with Gasteiger partial charge in [-0.25, -0.2) is 0 Å². The van der Waals surface area contributed by atoms with Crippen LogP contribution in [-0.4, -0.2) is 25.2 Å². The Morgan fingerprint density at radius 3 is 2.89 bits per heavy atom. The number of benzene rings is 1. The van der Waals surface area contributed by atoms with Gasteiger partial charge in [0.05, 0.1) is 18.4 Å². The molecule has 1 rings (SSSR count). The second kappa shape index (κ2) is 6.97. The molecule has 0 aliphatic carbocycles. The Bertz CT molecular complexity index is 531. The van der Waals surface area contributed by atoms with Gasteiger partial charge in [0.25, 0.3) is 0 Å². The molecule has 0 saturated heterocycles. The summed E-state index contributed by atoms with van der Waals surface area (Å²) in [6, 6.07) is 7.15. The molecule has 19 heavy (non-hydrogen) atoms. The SMILES string of the molecule is C=C(C=N)c1ccc(C#N)c(O[C@@H](C)CNC=N)c1. The smallest absolute Gasteiger partial charge is 0.138 e. The summed E-state index contributed by atoms with van der Waals surface area (Å²) in [6.45, 7) is 6.06. The van der Waals surface area contributed by atoms with Gasteiger partial charge in [0, 0.05) is 6.21 Å². The van der Waals surface area contributed by atoms with Crippen molar-refractivity contribution >= 4 is 18.1 Å². The third-order valence-corrected chi connectivity index (χ3v) is 2.48. The Balaban J connectivity index is 2.96. The molecule has 1 atom stereocenters. The van der Waals surface area contributed by atoms with E-state index in [2.05, 4.69) is 18.0 Å². The third kappa shape index (κ3) is 3.96. The number of rotatable bonds is 7. The van der Waals surface area contributed by atoms with Crippen molar-refractivity contribution in [2.45, 2.75) is 13.0 Å². The summed E-state index contributed by atoms with van der Waals surface area (Å²) in [5.74, 6) is 0.460. The number of hydrogen-bond donors (Lipinski definition) is 3. The number of nitriles is 1. The first-order valence-electron chi connectivity index (χ1n) is 5.75. The first-order valence-corrected chi connectivity index (χ1v) is 5.75. The molecule has 0 spiro atoms. The zero-order valence-corrected chi connectivity index (χ0v) is 10.7. The second-order valence-corrected chi connectivity index (χ2v) is 3.97. The van der Waals surface area contributed by atoms with Gasteiger partial charge in [-0.05, 0) is 30.2 Å². The van der Waals surface area contributed by atoms with Gasteiger partial charge < -0.3 is 15.5 Å². The number of allylic oxidation sites excluding steroid dienone is 1. The van der Waals surface area contributed by atoms with Crippen LogP contribution in [0.25, 0.3) is 5.57 Å². The number of hydrogen-bond acceptors (Lipinski definition) is 4. The van der Waals surface area contributed by atoms with Crippen LogP contribution in [-0.2, 0) is 0 Å². The van der Waals surface area contributed by atoms with Gasteiger partial charge in [-0.3, -0.25) is 5.41 Å². The minimum absolute atomic E-state index is 0.183. The summed E-state index contributed by atoms with van der Waals surface area (Å²) in [7, 11) is 0.